The molecule has 0 radical (unpaired) electrons. The maximum atomic E-state index is 11.8. The molecule has 0 aliphatic heterocycles. The zero-order chi connectivity index (χ0) is 53.0. The first-order valence-corrected chi connectivity index (χ1v) is 20.6. The van der Waals surface area contributed by atoms with Crippen molar-refractivity contribution in [2.75, 3.05) is 56.4 Å². The highest BCUT2D eigenvalue weighted by Crippen LogP contribution is 2.19. The predicted molar refractivity (Wildman–Crippen MR) is 258 cm³/mol. The molecule has 0 saturated heterocycles. The second-order valence-corrected chi connectivity index (χ2v) is 17.9. The van der Waals surface area contributed by atoms with E-state index in [0.717, 1.165) is 0 Å². The molecule has 0 fully saturated rings. The van der Waals surface area contributed by atoms with Crippen molar-refractivity contribution < 1.29 is 63.8 Å². The number of hydrogen-bond donors (Lipinski definition) is 10. The molecule has 0 unspecified atom stereocenters. The van der Waals surface area contributed by atoms with Crippen LogP contribution in [0.4, 0.5) is 0 Å². The van der Waals surface area contributed by atoms with Crippen molar-refractivity contribution >= 4 is 73.9 Å². The van der Waals surface area contributed by atoms with Crippen LogP contribution in [0.5, 0.6) is 0 Å². The Balaban J connectivity index is -0.000000126. The number of aliphatic carboxylic acids is 2. The molecular formula is C40H88B2ClN9O13. The summed E-state index contributed by atoms with van der Waals surface area (Å²) in [6.07, 6.45) is 0. The summed E-state index contributed by atoms with van der Waals surface area (Å²) < 4.78 is 0. The Morgan fingerprint density at radius 2 is 0.754 bits per heavy atom. The van der Waals surface area contributed by atoms with Crippen molar-refractivity contribution in [2.24, 2.45) is 16.2 Å². The normalized spacial score (nSPS) is 12.8. The van der Waals surface area contributed by atoms with Gasteiger partial charge in [-0.3, -0.25) is 43.6 Å². The van der Waals surface area contributed by atoms with Crippen molar-refractivity contribution in [1.82, 2.24) is 46.2 Å². The average molecular weight is 960 g/mol. The number of nitrogens with one attached hydrogen (secondary N) is 5. The van der Waals surface area contributed by atoms with Gasteiger partial charge in [0.05, 0.1) is 23.5 Å². The first-order valence-electron chi connectivity index (χ1n) is 20.6. The fraction of sp³-hybridized carbons (Fsp3) is 0.800. The van der Waals surface area contributed by atoms with Crippen molar-refractivity contribution in [3.63, 3.8) is 0 Å². The number of likely N-dealkylation sites (N-methyl/N-ethyl adjacent to an activating group) is 8. The van der Waals surface area contributed by atoms with Crippen LogP contribution in [0.3, 0.4) is 0 Å². The summed E-state index contributed by atoms with van der Waals surface area (Å²) in [5.41, 5.74) is -0.0406. The van der Waals surface area contributed by atoms with Crippen LogP contribution in [0, 0.1) is 16.2 Å². The molecular weight excluding hydrogens is 872 g/mol. The molecule has 10 N–H and O–H groups in total. The highest BCUT2D eigenvalue weighted by Gasteiger charge is 2.31. The lowest BCUT2D eigenvalue weighted by atomic mass is 9.84. The van der Waals surface area contributed by atoms with E-state index in [0.29, 0.717) is 0 Å². The van der Waals surface area contributed by atoms with Crippen LogP contribution >= 0.6 is 12.4 Å². The fourth-order valence-corrected chi connectivity index (χ4v) is 3.63. The minimum atomic E-state index is -0.927. The van der Waals surface area contributed by atoms with Gasteiger partial charge < -0.3 is 60.9 Å². The van der Waals surface area contributed by atoms with E-state index in [1.165, 1.54) is 40.9 Å². The Bertz CT molecular complexity index is 1380. The summed E-state index contributed by atoms with van der Waals surface area (Å²) in [5.74, 6) is -2.67. The number of nitrogens with zero attached hydrogens (tertiary/aromatic N) is 4. The molecule has 0 aromatic heterocycles. The Hall–Kier alpha value is -4.06. The molecule has 0 spiro atoms. The molecule has 22 nitrogen and oxygen atoms in total. The number of amides is 6. The van der Waals surface area contributed by atoms with E-state index < -0.39 is 66.3 Å². The Morgan fingerprint density at radius 1 is 0.492 bits per heavy atom. The van der Waals surface area contributed by atoms with E-state index in [-0.39, 0.29) is 54.0 Å². The van der Waals surface area contributed by atoms with Gasteiger partial charge >= 0.3 is 26.0 Å². The third-order valence-corrected chi connectivity index (χ3v) is 9.30. The van der Waals surface area contributed by atoms with E-state index in [1.54, 1.807) is 130 Å². The number of hydroxylamine groups is 1. The largest absolute Gasteiger partial charge is 0.481 e. The number of halogens is 1. The van der Waals surface area contributed by atoms with Crippen LogP contribution in [-0.2, 0) is 38.4 Å². The summed E-state index contributed by atoms with van der Waals surface area (Å²) in [7, 11) is 11.6. The molecule has 0 rings (SSSR count). The molecule has 0 aliphatic rings. The standard InChI is InChI=1S/C10H20N2O2.C9H18N2O3.C6H15BN2O2.C5H12BNO3.C5H12N2O.C5H10O2.ClH/c1-7(8(13)11-5)12(6)9(14)10(2,3)4;1-6(7(12)10-14)11(5)8(13)9(2,3)4;1-5(6(10)8-3)9(4)7(2)11;1-4(5(8)9)7(3)6(2)10;1-4(6-2)5(8)7-3;1-5(2,3)4(6)7;/h7H,1-6H3,(H,11,13);6,14H,1-5H3,(H,10,12);5,11H,1-4H3,(H,8,10);4,10H,1-3H3,(H,8,9);4,6H,1-3H3,(H,7,8);1-3H3,(H,6,7);1H/t7-;6-;5-;2*4-;;/m11111../s1. The average Bonchev–Trinajstić information content (AvgIpc) is 3.21. The molecule has 6 amide bonds. The van der Waals surface area contributed by atoms with Crippen molar-refractivity contribution in [2.45, 2.75) is 141 Å². The second-order valence-electron chi connectivity index (χ2n) is 17.9. The minimum Gasteiger partial charge on any atom is -0.481 e. The molecule has 25 heteroatoms. The van der Waals surface area contributed by atoms with Gasteiger partial charge in [-0.05, 0) is 90.2 Å². The Labute approximate surface area is 396 Å². The Morgan fingerprint density at radius 3 is 0.923 bits per heavy atom. The molecule has 65 heavy (non-hydrogen) atoms. The van der Waals surface area contributed by atoms with Crippen LogP contribution < -0.4 is 26.7 Å². The predicted octanol–water partition coefficient (Wildman–Crippen LogP) is 0.554. The van der Waals surface area contributed by atoms with Gasteiger partial charge in [-0.15, -0.1) is 12.4 Å². The number of rotatable bonds is 12. The number of hydrogen-bond acceptors (Lipinski definition) is 14. The topological polar surface area (TPSA) is 311 Å². The van der Waals surface area contributed by atoms with Gasteiger partial charge in [-0.1, -0.05) is 41.5 Å². The quantitative estimate of drug-likeness (QED) is 0.0726. The first-order chi connectivity index (χ1) is 28.6. The van der Waals surface area contributed by atoms with E-state index in [9.17, 15) is 38.4 Å². The van der Waals surface area contributed by atoms with Crippen molar-refractivity contribution in [3.05, 3.63) is 0 Å². The lowest BCUT2D eigenvalue weighted by molar-refractivity contribution is -0.147. The lowest BCUT2D eigenvalue weighted by Gasteiger charge is -2.29. The molecule has 0 heterocycles. The highest BCUT2D eigenvalue weighted by atomic mass is 35.5. The second kappa shape index (κ2) is 36.1. The fourth-order valence-electron chi connectivity index (χ4n) is 3.63. The molecule has 0 aliphatic carbocycles. The Kier molecular flexibility index (Phi) is 41.8. The van der Waals surface area contributed by atoms with Crippen LogP contribution in [-0.4, -0.2) is 193 Å². The molecule has 5 atom stereocenters. The third kappa shape index (κ3) is 34.9. The maximum absolute atomic E-state index is 11.8. The highest BCUT2D eigenvalue weighted by molar-refractivity contribution is 6.46. The van der Waals surface area contributed by atoms with E-state index >= 15 is 0 Å². The number of carbonyl (C=O) groups is 8. The van der Waals surface area contributed by atoms with E-state index in [2.05, 4.69) is 21.3 Å². The number of carboxylic acids is 2. The van der Waals surface area contributed by atoms with Crippen molar-refractivity contribution in [3.8, 4) is 0 Å². The van der Waals surface area contributed by atoms with Crippen LogP contribution in [0.25, 0.3) is 0 Å². The molecule has 0 aromatic rings. The zero-order valence-corrected chi connectivity index (χ0v) is 44.6. The summed E-state index contributed by atoms with van der Waals surface area (Å²) in [4.78, 5) is 93.4. The number of carboxylic acid groups (broad SMARTS) is 2. The first kappa shape index (κ1) is 75.3. The number of carbonyl (C=O) groups excluding carboxylic acids is 6. The van der Waals surface area contributed by atoms with Crippen LogP contribution in [0.15, 0.2) is 0 Å². The summed E-state index contributed by atoms with van der Waals surface area (Å²) >= 11 is 0. The minimum absolute atomic E-state index is 0. The van der Waals surface area contributed by atoms with Gasteiger partial charge in [-0.25, -0.2) is 5.48 Å². The third-order valence-electron chi connectivity index (χ3n) is 9.30. The van der Waals surface area contributed by atoms with Gasteiger partial charge in [-0.2, -0.15) is 0 Å². The zero-order valence-electron chi connectivity index (χ0n) is 43.7. The van der Waals surface area contributed by atoms with E-state index in [1.807, 2.05) is 20.8 Å². The van der Waals surface area contributed by atoms with E-state index in [4.69, 9.17) is 25.5 Å². The van der Waals surface area contributed by atoms with Gasteiger partial charge in [0.25, 0.3) is 5.91 Å². The molecule has 384 valence electrons. The summed E-state index contributed by atoms with van der Waals surface area (Å²) in [6.45, 7) is 27.3. The van der Waals surface area contributed by atoms with Crippen LogP contribution in [0.2, 0.25) is 13.6 Å². The summed E-state index contributed by atoms with van der Waals surface area (Å²) in [6, 6.07) is -2.11. The lowest BCUT2D eigenvalue weighted by Crippen LogP contribution is -2.48. The van der Waals surface area contributed by atoms with Gasteiger partial charge in [0.2, 0.25) is 29.5 Å². The van der Waals surface area contributed by atoms with Gasteiger partial charge in [0.1, 0.15) is 12.1 Å². The molecule has 0 saturated carbocycles. The van der Waals surface area contributed by atoms with Crippen molar-refractivity contribution in [1.29, 1.82) is 0 Å². The van der Waals surface area contributed by atoms with Crippen LogP contribution in [0.1, 0.15) is 96.9 Å². The maximum Gasteiger partial charge on any atom is 0.376 e. The SMILES string of the molecule is CB(O)N(C)[C@H](C)C(=O)O.CC(C)(C)C(=O)O.CNC(=O)[C@@H](C)N(C)B(C)O.CNC(=O)[C@@H](C)N(C)C(=O)C(C)(C)C.CNC(=O)[C@@H](C)NC.C[C@H](C(=O)NO)N(C)C(=O)C(C)(C)C.Cl. The molecule has 0 aromatic carbocycles. The smallest absolute Gasteiger partial charge is 0.376 e. The monoisotopic (exact) mass is 960 g/mol. The van der Waals surface area contributed by atoms with Gasteiger partial charge in [0.15, 0.2) is 0 Å². The molecule has 0 bridgehead atoms. The summed E-state index contributed by atoms with van der Waals surface area (Å²) in [5, 5.41) is 53.4. The van der Waals surface area contributed by atoms with Gasteiger partial charge in [0, 0.05) is 46.1 Å².